The van der Waals surface area contributed by atoms with Gasteiger partial charge in [-0.15, -0.1) is 11.3 Å². The minimum absolute atomic E-state index is 0.347. The van der Waals surface area contributed by atoms with Gasteiger partial charge in [0.1, 0.15) is 5.60 Å². The van der Waals surface area contributed by atoms with E-state index in [1.165, 1.54) is 9.75 Å². The van der Waals surface area contributed by atoms with Crippen molar-refractivity contribution in [1.29, 1.82) is 0 Å². The lowest BCUT2D eigenvalue weighted by molar-refractivity contribution is 0.0288. The Kier molecular flexibility index (Phi) is 2.64. The minimum Gasteiger partial charge on any atom is -0.384 e. The van der Waals surface area contributed by atoms with Gasteiger partial charge in [-0.25, -0.2) is 0 Å². The predicted octanol–water partition coefficient (Wildman–Crippen LogP) is 1.79. The number of rotatable bonds is 2. The van der Waals surface area contributed by atoms with Crippen molar-refractivity contribution >= 4 is 11.3 Å². The SMILES string of the molecule is CCc1cc2c(s1)CCCC2(O)CN. The molecule has 0 aliphatic heterocycles. The quantitative estimate of drug-likeness (QED) is 0.783. The normalized spacial score (nSPS) is 26.2. The van der Waals surface area contributed by atoms with E-state index in [0.717, 1.165) is 31.2 Å². The molecule has 0 spiro atoms. The molecule has 0 saturated carbocycles. The molecule has 0 radical (unpaired) electrons. The molecule has 78 valence electrons. The van der Waals surface area contributed by atoms with Gasteiger partial charge >= 0.3 is 0 Å². The lowest BCUT2D eigenvalue weighted by Crippen LogP contribution is -2.37. The largest absolute Gasteiger partial charge is 0.384 e. The van der Waals surface area contributed by atoms with Gasteiger partial charge in [0.25, 0.3) is 0 Å². The van der Waals surface area contributed by atoms with Crippen molar-refractivity contribution in [1.82, 2.24) is 0 Å². The third kappa shape index (κ3) is 1.49. The molecule has 2 nitrogen and oxygen atoms in total. The van der Waals surface area contributed by atoms with Gasteiger partial charge in [0.15, 0.2) is 0 Å². The second-order valence-corrected chi connectivity index (χ2v) is 5.21. The van der Waals surface area contributed by atoms with Crippen LogP contribution in [0.5, 0.6) is 0 Å². The van der Waals surface area contributed by atoms with Crippen LogP contribution in [-0.2, 0) is 18.4 Å². The lowest BCUT2D eigenvalue weighted by Gasteiger charge is -2.31. The molecule has 1 unspecified atom stereocenters. The standard InChI is InChI=1S/C11H17NOS/c1-2-8-6-9-10(14-8)4-3-5-11(9,13)7-12/h6,13H,2-5,7,12H2,1H3. The zero-order chi connectivity index (χ0) is 10.2. The highest BCUT2D eigenvalue weighted by molar-refractivity contribution is 7.12. The van der Waals surface area contributed by atoms with Crippen LogP contribution in [-0.4, -0.2) is 11.7 Å². The van der Waals surface area contributed by atoms with Gasteiger partial charge in [0.2, 0.25) is 0 Å². The average molecular weight is 211 g/mol. The molecule has 0 amide bonds. The van der Waals surface area contributed by atoms with Gasteiger partial charge in [-0.3, -0.25) is 0 Å². The molecular formula is C11H17NOS. The first-order valence-electron chi connectivity index (χ1n) is 5.24. The van der Waals surface area contributed by atoms with Crippen LogP contribution in [0.15, 0.2) is 6.07 Å². The van der Waals surface area contributed by atoms with Crippen molar-refractivity contribution in [3.63, 3.8) is 0 Å². The Labute approximate surface area is 88.8 Å². The molecule has 1 heterocycles. The van der Waals surface area contributed by atoms with Crippen molar-refractivity contribution in [3.05, 3.63) is 21.4 Å². The molecule has 0 fully saturated rings. The fourth-order valence-electron chi connectivity index (χ4n) is 2.13. The Morgan fingerprint density at radius 3 is 3.07 bits per heavy atom. The van der Waals surface area contributed by atoms with E-state index in [1.807, 2.05) is 11.3 Å². The van der Waals surface area contributed by atoms with E-state index in [-0.39, 0.29) is 0 Å². The van der Waals surface area contributed by atoms with Crippen LogP contribution in [0.2, 0.25) is 0 Å². The van der Waals surface area contributed by atoms with Gasteiger partial charge in [0.05, 0.1) is 0 Å². The minimum atomic E-state index is -0.739. The second kappa shape index (κ2) is 3.65. The first-order chi connectivity index (χ1) is 6.69. The smallest absolute Gasteiger partial charge is 0.103 e. The third-order valence-corrected chi connectivity index (χ3v) is 4.38. The lowest BCUT2D eigenvalue weighted by atomic mass is 9.83. The summed E-state index contributed by atoms with van der Waals surface area (Å²) in [6.45, 7) is 2.50. The van der Waals surface area contributed by atoms with Gasteiger partial charge < -0.3 is 10.8 Å². The Balaban J connectivity index is 2.43. The van der Waals surface area contributed by atoms with E-state index in [2.05, 4.69) is 13.0 Å². The van der Waals surface area contributed by atoms with Crippen LogP contribution in [0.1, 0.15) is 35.1 Å². The zero-order valence-corrected chi connectivity index (χ0v) is 9.36. The maximum absolute atomic E-state index is 10.3. The molecule has 3 N–H and O–H groups in total. The Bertz CT molecular complexity index is 334. The van der Waals surface area contributed by atoms with Gasteiger partial charge in [-0.05, 0) is 37.3 Å². The molecule has 14 heavy (non-hydrogen) atoms. The fourth-order valence-corrected chi connectivity index (χ4v) is 3.37. The van der Waals surface area contributed by atoms with Gasteiger partial charge in [0, 0.05) is 16.3 Å². The summed E-state index contributed by atoms with van der Waals surface area (Å²) in [5.74, 6) is 0. The Hall–Kier alpha value is -0.380. The molecule has 3 heteroatoms. The number of aliphatic hydroxyl groups is 1. The number of hydrogen-bond acceptors (Lipinski definition) is 3. The van der Waals surface area contributed by atoms with Crippen LogP contribution in [0.25, 0.3) is 0 Å². The van der Waals surface area contributed by atoms with Crippen LogP contribution in [0, 0.1) is 0 Å². The number of nitrogens with two attached hydrogens (primary N) is 1. The van der Waals surface area contributed by atoms with E-state index in [9.17, 15) is 5.11 Å². The van der Waals surface area contributed by atoms with Crippen LogP contribution in [0.3, 0.4) is 0 Å². The van der Waals surface area contributed by atoms with E-state index < -0.39 is 5.60 Å². The molecule has 1 aromatic rings. The number of fused-ring (bicyclic) bond motifs is 1. The van der Waals surface area contributed by atoms with E-state index in [4.69, 9.17) is 5.73 Å². The number of thiophene rings is 1. The average Bonchev–Trinajstić information content (AvgIpc) is 2.62. The summed E-state index contributed by atoms with van der Waals surface area (Å²) in [5.41, 5.74) is 6.02. The monoisotopic (exact) mass is 211 g/mol. The van der Waals surface area contributed by atoms with Crippen molar-refractivity contribution in [2.24, 2.45) is 5.73 Å². The van der Waals surface area contributed by atoms with Crippen molar-refractivity contribution < 1.29 is 5.11 Å². The first-order valence-corrected chi connectivity index (χ1v) is 6.06. The molecule has 1 aliphatic carbocycles. The van der Waals surface area contributed by atoms with Crippen molar-refractivity contribution in [2.75, 3.05) is 6.54 Å². The van der Waals surface area contributed by atoms with E-state index >= 15 is 0 Å². The molecule has 1 atom stereocenters. The molecule has 0 bridgehead atoms. The molecule has 0 saturated heterocycles. The number of hydrogen-bond donors (Lipinski definition) is 2. The van der Waals surface area contributed by atoms with Crippen LogP contribution in [0.4, 0.5) is 0 Å². The first kappa shape index (κ1) is 10.1. The molecule has 0 aromatic carbocycles. The molecule has 1 aliphatic rings. The number of aryl methyl sites for hydroxylation is 2. The second-order valence-electron chi connectivity index (χ2n) is 3.99. The molecule has 1 aromatic heterocycles. The Morgan fingerprint density at radius 1 is 1.64 bits per heavy atom. The summed E-state index contributed by atoms with van der Waals surface area (Å²) in [4.78, 5) is 2.71. The van der Waals surface area contributed by atoms with Crippen molar-refractivity contribution in [2.45, 2.75) is 38.2 Å². The summed E-state index contributed by atoms with van der Waals surface area (Å²) in [6, 6.07) is 2.14. The summed E-state index contributed by atoms with van der Waals surface area (Å²) in [5, 5.41) is 10.3. The van der Waals surface area contributed by atoms with Gasteiger partial charge in [-0.2, -0.15) is 0 Å². The maximum Gasteiger partial charge on any atom is 0.103 e. The summed E-state index contributed by atoms with van der Waals surface area (Å²) in [7, 11) is 0. The van der Waals surface area contributed by atoms with Crippen LogP contribution < -0.4 is 5.73 Å². The topological polar surface area (TPSA) is 46.2 Å². The van der Waals surface area contributed by atoms with Gasteiger partial charge in [-0.1, -0.05) is 6.92 Å². The Morgan fingerprint density at radius 2 is 2.43 bits per heavy atom. The molecular weight excluding hydrogens is 194 g/mol. The molecule has 2 rings (SSSR count). The summed E-state index contributed by atoms with van der Waals surface area (Å²) in [6.07, 6.45) is 4.04. The highest BCUT2D eigenvalue weighted by Crippen LogP contribution is 2.39. The van der Waals surface area contributed by atoms with E-state index in [1.54, 1.807) is 0 Å². The fraction of sp³-hybridized carbons (Fsp3) is 0.636. The summed E-state index contributed by atoms with van der Waals surface area (Å²) < 4.78 is 0. The third-order valence-electron chi connectivity index (χ3n) is 3.04. The zero-order valence-electron chi connectivity index (χ0n) is 8.55. The van der Waals surface area contributed by atoms with E-state index in [0.29, 0.717) is 6.54 Å². The maximum atomic E-state index is 10.3. The van der Waals surface area contributed by atoms with Crippen molar-refractivity contribution in [3.8, 4) is 0 Å². The highest BCUT2D eigenvalue weighted by Gasteiger charge is 2.34. The summed E-state index contributed by atoms with van der Waals surface area (Å²) >= 11 is 1.84. The highest BCUT2D eigenvalue weighted by atomic mass is 32.1. The van der Waals surface area contributed by atoms with Crippen LogP contribution >= 0.6 is 11.3 Å². The predicted molar refractivity (Wildman–Crippen MR) is 59.6 cm³/mol.